The zero-order chi connectivity index (χ0) is 21.8. The quantitative estimate of drug-likeness (QED) is 0.451. The van der Waals surface area contributed by atoms with Gasteiger partial charge < -0.3 is 0 Å². The van der Waals surface area contributed by atoms with Crippen molar-refractivity contribution in [3.63, 3.8) is 0 Å². The van der Waals surface area contributed by atoms with Gasteiger partial charge in [-0.1, -0.05) is 99.1 Å². The Balaban J connectivity index is 1.44. The highest BCUT2D eigenvalue weighted by Gasteiger charge is 2.26. The highest BCUT2D eigenvalue weighted by atomic mass is 35.5. The molecule has 0 unspecified atom stereocenters. The highest BCUT2D eigenvalue weighted by Crippen LogP contribution is 2.30. The van der Waals surface area contributed by atoms with Crippen molar-refractivity contribution in [1.29, 1.82) is 0 Å². The number of nitrogens with zero attached hydrogens (tertiary/aromatic N) is 2. The maximum atomic E-state index is 6.16. The van der Waals surface area contributed by atoms with Gasteiger partial charge in [-0.3, -0.25) is 9.80 Å². The molecule has 0 N–H and O–H groups in total. The monoisotopic (exact) mass is 432 g/mol. The van der Waals surface area contributed by atoms with E-state index in [0.717, 1.165) is 37.7 Å². The number of benzene rings is 3. The SMILES string of the molecule is CC(C)(C)c1ccc(CN2CCN([C@@H](c3ccccc3)c3ccc(Cl)cc3)CC2)cc1. The molecular weight excluding hydrogens is 400 g/mol. The van der Waals surface area contributed by atoms with Crippen LogP contribution in [0.25, 0.3) is 0 Å². The molecule has 0 saturated carbocycles. The molecule has 0 spiro atoms. The zero-order valence-electron chi connectivity index (χ0n) is 18.9. The van der Waals surface area contributed by atoms with Crippen LogP contribution in [0.4, 0.5) is 0 Å². The average molecular weight is 433 g/mol. The fourth-order valence-corrected chi connectivity index (χ4v) is 4.57. The summed E-state index contributed by atoms with van der Waals surface area (Å²) >= 11 is 6.16. The van der Waals surface area contributed by atoms with Gasteiger partial charge in [0.15, 0.2) is 0 Å². The lowest BCUT2D eigenvalue weighted by molar-refractivity contribution is 0.105. The van der Waals surface area contributed by atoms with Crippen LogP contribution in [0.1, 0.15) is 49.1 Å². The molecule has 1 aliphatic rings. The first-order valence-electron chi connectivity index (χ1n) is 11.3. The minimum Gasteiger partial charge on any atom is -0.297 e. The van der Waals surface area contributed by atoms with Gasteiger partial charge in [0.05, 0.1) is 6.04 Å². The second-order valence-electron chi connectivity index (χ2n) is 9.62. The first-order chi connectivity index (χ1) is 14.9. The Hall–Kier alpha value is -2.13. The molecule has 3 aromatic rings. The molecule has 0 radical (unpaired) electrons. The Morgan fingerprint density at radius 3 is 1.90 bits per heavy atom. The molecule has 1 heterocycles. The van der Waals surface area contributed by atoms with Crippen molar-refractivity contribution in [2.75, 3.05) is 26.2 Å². The Morgan fingerprint density at radius 2 is 1.32 bits per heavy atom. The molecule has 3 aromatic carbocycles. The number of hydrogen-bond donors (Lipinski definition) is 0. The Kier molecular flexibility index (Phi) is 6.81. The van der Waals surface area contributed by atoms with E-state index in [1.54, 1.807) is 0 Å². The van der Waals surface area contributed by atoms with Gasteiger partial charge in [0.25, 0.3) is 0 Å². The van der Waals surface area contributed by atoms with E-state index in [2.05, 4.69) is 97.3 Å². The van der Waals surface area contributed by atoms with E-state index < -0.39 is 0 Å². The fraction of sp³-hybridized carbons (Fsp3) is 0.357. The van der Waals surface area contributed by atoms with Crippen LogP contribution < -0.4 is 0 Å². The van der Waals surface area contributed by atoms with Crippen molar-refractivity contribution >= 4 is 11.6 Å². The number of piperazine rings is 1. The number of rotatable bonds is 5. The molecule has 162 valence electrons. The third-order valence-electron chi connectivity index (χ3n) is 6.30. The van der Waals surface area contributed by atoms with Gasteiger partial charge in [-0.15, -0.1) is 0 Å². The molecule has 1 atom stereocenters. The van der Waals surface area contributed by atoms with Crippen LogP contribution >= 0.6 is 11.6 Å². The Morgan fingerprint density at radius 1 is 0.742 bits per heavy atom. The summed E-state index contributed by atoms with van der Waals surface area (Å²) in [5.74, 6) is 0. The van der Waals surface area contributed by atoms with E-state index in [0.29, 0.717) is 0 Å². The van der Waals surface area contributed by atoms with Gasteiger partial charge in [-0.25, -0.2) is 0 Å². The maximum Gasteiger partial charge on any atom is 0.0602 e. The summed E-state index contributed by atoms with van der Waals surface area (Å²) in [6.45, 7) is 12.1. The van der Waals surface area contributed by atoms with Crippen LogP contribution in [0.15, 0.2) is 78.9 Å². The predicted octanol–water partition coefficient (Wildman–Crippen LogP) is 6.54. The normalized spacial score (nSPS) is 16.9. The molecule has 4 rings (SSSR count). The largest absolute Gasteiger partial charge is 0.297 e. The first kappa shape index (κ1) is 22.1. The van der Waals surface area contributed by atoms with Crippen LogP contribution in [-0.2, 0) is 12.0 Å². The van der Waals surface area contributed by atoms with Crippen LogP contribution in [-0.4, -0.2) is 36.0 Å². The molecule has 1 fully saturated rings. The zero-order valence-corrected chi connectivity index (χ0v) is 19.6. The lowest BCUT2D eigenvalue weighted by Gasteiger charge is -2.40. The van der Waals surface area contributed by atoms with Gasteiger partial charge in [0, 0.05) is 37.7 Å². The van der Waals surface area contributed by atoms with Crippen LogP contribution in [0.5, 0.6) is 0 Å². The highest BCUT2D eigenvalue weighted by molar-refractivity contribution is 6.30. The summed E-state index contributed by atoms with van der Waals surface area (Å²) in [5, 5.41) is 0.790. The maximum absolute atomic E-state index is 6.16. The lowest BCUT2D eigenvalue weighted by atomic mass is 9.87. The number of halogens is 1. The second kappa shape index (κ2) is 9.56. The molecule has 2 nitrogen and oxygen atoms in total. The van der Waals surface area contributed by atoms with Crippen molar-refractivity contribution in [3.8, 4) is 0 Å². The summed E-state index contributed by atoms with van der Waals surface area (Å²) in [4.78, 5) is 5.18. The molecule has 3 heteroatoms. The summed E-state index contributed by atoms with van der Waals surface area (Å²) in [7, 11) is 0. The summed E-state index contributed by atoms with van der Waals surface area (Å²) in [6, 6.07) is 28.6. The van der Waals surface area contributed by atoms with E-state index in [1.807, 2.05) is 12.1 Å². The van der Waals surface area contributed by atoms with Gasteiger partial charge in [-0.05, 0) is 39.8 Å². The lowest BCUT2D eigenvalue weighted by Crippen LogP contribution is -2.47. The van der Waals surface area contributed by atoms with Crippen LogP contribution in [0, 0.1) is 0 Å². The molecule has 0 aliphatic carbocycles. The van der Waals surface area contributed by atoms with E-state index in [-0.39, 0.29) is 11.5 Å². The van der Waals surface area contributed by atoms with Crippen LogP contribution in [0.3, 0.4) is 0 Å². The minimum absolute atomic E-state index is 0.207. The number of hydrogen-bond acceptors (Lipinski definition) is 2. The van der Waals surface area contributed by atoms with Crippen molar-refractivity contribution in [2.24, 2.45) is 0 Å². The minimum atomic E-state index is 0.207. The summed E-state index contributed by atoms with van der Waals surface area (Å²) in [5.41, 5.74) is 5.66. The van der Waals surface area contributed by atoms with E-state index in [4.69, 9.17) is 11.6 Å². The summed E-state index contributed by atoms with van der Waals surface area (Å²) < 4.78 is 0. The summed E-state index contributed by atoms with van der Waals surface area (Å²) in [6.07, 6.45) is 0. The fourth-order valence-electron chi connectivity index (χ4n) is 4.44. The van der Waals surface area contributed by atoms with Gasteiger partial charge in [0.2, 0.25) is 0 Å². The molecule has 0 amide bonds. The second-order valence-corrected chi connectivity index (χ2v) is 10.1. The molecule has 31 heavy (non-hydrogen) atoms. The average Bonchev–Trinajstić information content (AvgIpc) is 2.77. The Bertz CT molecular complexity index is 951. The third kappa shape index (κ3) is 5.57. The molecular formula is C28H33ClN2. The molecule has 1 saturated heterocycles. The van der Waals surface area contributed by atoms with Gasteiger partial charge in [0.1, 0.15) is 0 Å². The molecule has 0 aromatic heterocycles. The Labute approximate surface area is 192 Å². The van der Waals surface area contributed by atoms with Crippen molar-refractivity contribution in [2.45, 2.75) is 38.8 Å². The van der Waals surface area contributed by atoms with Crippen molar-refractivity contribution < 1.29 is 0 Å². The van der Waals surface area contributed by atoms with Gasteiger partial charge >= 0.3 is 0 Å². The van der Waals surface area contributed by atoms with Crippen LogP contribution in [0.2, 0.25) is 5.02 Å². The van der Waals surface area contributed by atoms with E-state index in [9.17, 15) is 0 Å². The van der Waals surface area contributed by atoms with Gasteiger partial charge in [-0.2, -0.15) is 0 Å². The van der Waals surface area contributed by atoms with Crippen molar-refractivity contribution in [3.05, 3.63) is 106 Å². The molecule has 1 aliphatic heterocycles. The topological polar surface area (TPSA) is 6.48 Å². The van der Waals surface area contributed by atoms with Crippen molar-refractivity contribution in [1.82, 2.24) is 9.80 Å². The smallest absolute Gasteiger partial charge is 0.0602 e. The predicted molar refractivity (Wildman–Crippen MR) is 132 cm³/mol. The third-order valence-corrected chi connectivity index (χ3v) is 6.55. The van der Waals surface area contributed by atoms with E-state index in [1.165, 1.54) is 22.3 Å². The van der Waals surface area contributed by atoms with E-state index >= 15 is 0 Å². The first-order valence-corrected chi connectivity index (χ1v) is 11.6. The molecule has 0 bridgehead atoms. The standard InChI is InChI=1S/C28H33ClN2/c1-28(2,3)25-13-9-22(10-14-25)21-30-17-19-31(20-18-30)27(23-7-5-4-6-8-23)24-11-15-26(29)16-12-24/h4-16,27H,17-21H2,1-3H3/t27-/m0/s1.